The van der Waals surface area contributed by atoms with Gasteiger partial charge in [0.05, 0.1) is 12.7 Å². The molecular weight excluding hydrogens is 400 g/mol. The van der Waals surface area contributed by atoms with Gasteiger partial charge in [-0.2, -0.15) is 0 Å². The van der Waals surface area contributed by atoms with Gasteiger partial charge in [0.25, 0.3) is 0 Å². The van der Waals surface area contributed by atoms with Gasteiger partial charge in [-0.25, -0.2) is 4.79 Å². The van der Waals surface area contributed by atoms with Crippen LogP contribution in [-0.4, -0.2) is 47.2 Å². The first-order valence-electron chi connectivity index (χ1n) is 10.7. The minimum Gasteiger partial charge on any atom is -0.463 e. The van der Waals surface area contributed by atoms with E-state index in [2.05, 4.69) is 67.7 Å². The molecular formula is C22H42O5Si2. The molecule has 0 aromatic carbocycles. The van der Waals surface area contributed by atoms with E-state index in [1.807, 2.05) is 0 Å². The van der Waals surface area contributed by atoms with E-state index in [9.17, 15) is 9.59 Å². The standard InChI is InChI=1S/C22H42O5Si2/c1-12-25-19(23)14-16-13-17(26-28(8,9)21(2,3)4)15-18(20(16)24)27-29(10,11)22(5,6)7/h14,17-18H,12-13,15H2,1-11H3/b16-14-/t17-,18+/m1/s1. The fourth-order valence-corrected chi connectivity index (χ4v) is 5.39. The van der Waals surface area contributed by atoms with Crippen LogP contribution >= 0.6 is 0 Å². The zero-order valence-electron chi connectivity index (χ0n) is 20.4. The average molecular weight is 443 g/mol. The Kier molecular flexibility index (Phi) is 8.30. The van der Waals surface area contributed by atoms with Gasteiger partial charge in [0.15, 0.2) is 22.4 Å². The summed E-state index contributed by atoms with van der Waals surface area (Å²) in [6, 6.07) is 0. The third kappa shape index (κ3) is 6.87. The van der Waals surface area contributed by atoms with Crippen molar-refractivity contribution in [1.29, 1.82) is 0 Å². The lowest BCUT2D eigenvalue weighted by molar-refractivity contribution is -0.137. The van der Waals surface area contributed by atoms with E-state index in [-0.39, 0.29) is 28.6 Å². The fourth-order valence-electron chi connectivity index (χ4n) is 2.76. The molecule has 0 radical (unpaired) electrons. The number of carbonyl (C=O) groups is 2. The Morgan fingerprint density at radius 3 is 1.93 bits per heavy atom. The topological polar surface area (TPSA) is 61.8 Å². The molecule has 1 aliphatic carbocycles. The number of ketones is 1. The van der Waals surface area contributed by atoms with Crippen LogP contribution in [0.5, 0.6) is 0 Å². The molecule has 1 fully saturated rings. The lowest BCUT2D eigenvalue weighted by Crippen LogP contribution is -2.51. The van der Waals surface area contributed by atoms with Crippen molar-refractivity contribution in [2.75, 3.05) is 6.61 Å². The molecule has 0 saturated heterocycles. The molecule has 168 valence electrons. The number of carbonyl (C=O) groups excluding carboxylic acids is 2. The van der Waals surface area contributed by atoms with Gasteiger partial charge < -0.3 is 13.6 Å². The van der Waals surface area contributed by atoms with Crippen molar-refractivity contribution in [2.24, 2.45) is 0 Å². The van der Waals surface area contributed by atoms with Gasteiger partial charge in [-0.05, 0) is 43.2 Å². The normalized spacial score (nSPS) is 23.4. The van der Waals surface area contributed by atoms with Crippen LogP contribution < -0.4 is 0 Å². The van der Waals surface area contributed by atoms with Crippen LogP contribution in [0.1, 0.15) is 61.3 Å². The summed E-state index contributed by atoms with van der Waals surface area (Å²) >= 11 is 0. The Bertz CT molecular complexity index is 639. The van der Waals surface area contributed by atoms with E-state index in [1.165, 1.54) is 6.08 Å². The quantitative estimate of drug-likeness (QED) is 0.303. The molecule has 1 rings (SSSR count). The van der Waals surface area contributed by atoms with Crippen molar-refractivity contribution in [3.05, 3.63) is 11.6 Å². The average Bonchev–Trinajstić information content (AvgIpc) is 2.49. The van der Waals surface area contributed by atoms with Crippen molar-refractivity contribution >= 4 is 28.4 Å². The summed E-state index contributed by atoms with van der Waals surface area (Å²) in [6.45, 7) is 23.8. The molecule has 29 heavy (non-hydrogen) atoms. The molecule has 0 bridgehead atoms. The molecule has 0 aliphatic heterocycles. The SMILES string of the molecule is CCOC(=O)/C=C1/C[C@@H](O[Si](C)(C)C(C)(C)C)C[C@H](O[Si](C)(C)C(C)(C)C)C1=O. The van der Waals surface area contributed by atoms with Crippen molar-refractivity contribution < 1.29 is 23.2 Å². The van der Waals surface area contributed by atoms with Crippen molar-refractivity contribution in [3.8, 4) is 0 Å². The van der Waals surface area contributed by atoms with Gasteiger partial charge in [-0.3, -0.25) is 4.79 Å². The third-order valence-corrected chi connectivity index (χ3v) is 15.6. The largest absolute Gasteiger partial charge is 0.463 e. The molecule has 0 aromatic rings. The first-order valence-corrected chi connectivity index (χ1v) is 16.5. The smallest absolute Gasteiger partial charge is 0.331 e. The number of Topliss-reactive ketones (excluding diaryl/α,β-unsaturated/α-hetero) is 1. The van der Waals surface area contributed by atoms with Crippen LogP contribution in [0.3, 0.4) is 0 Å². The highest BCUT2D eigenvalue weighted by atomic mass is 28.4. The molecule has 0 heterocycles. The molecule has 0 unspecified atom stereocenters. The minimum atomic E-state index is -2.15. The second-order valence-corrected chi connectivity index (χ2v) is 20.6. The van der Waals surface area contributed by atoms with E-state index in [4.69, 9.17) is 13.6 Å². The van der Waals surface area contributed by atoms with Crippen molar-refractivity contribution in [2.45, 2.75) is 110 Å². The Balaban J connectivity index is 3.21. The first-order chi connectivity index (χ1) is 12.9. The van der Waals surface area contributed by atoms with Crippen LogP contribution in [0.15, 0.2) is 11.6 Å². The van der Waals surface area contributed by atoms with Gasteiger partial charge >= 0.3 is 5.97 Å². The minimum absolute atomic E-state index is 0.00840. The van der Waals surface area contributed by atoms with Gasteiger partial charge in [0, 0.05) is 24.5 Å². The lowest BCUT2D eigenvalue weighted by atomic mass is 9.89. The summed E-state index contributed by atoms with van der Waals surface area (Å²) in [4.78, 5) is 25.2. The van der Waals surface area contributed by atoms with Gasteiger partial charge in [0.1, 0.15) is 6.10 Å². The summed E-state index contributed by atoms with van der Waals surface area (Å²) in [6.07, 6.45) is 1.61. The van der Waals surface area contributed by atoms with E-state index < -0.39 is 28.7 Å². The molecule has 1 aliphatic rings. The highest BCUT2D eigenvalue weighted by Crippen LogP contribution is 2.42. The summed E-state index contributed by atoms with van der Waals surface area (Å²) in [5.41, 5.74) is 0.460. The molecule has 2 atom stereocenters. The summed E-state index contributed by atoms with van der Waals surface area (Å²) in [7, 11) is -4.18. The van der Waals surface area contributed by atoms with Gasteiger partial charge in [-0.1, -0.05) is 41.5 Å². The molecule has 7 heteroatoms. The molecule has 0 spiro atoms. The molecule has 5 nitrogen and oxygen atoms in total. The Morgan fingerprint density at radius 2 is 1.48 bits per heavy atom. The van der Waals surface area contributed by atoms with Crippen LogP contribution in [-0.2, 0) is 23.2 Å². The van der Waals surface area contributed by atoms with E-state index in [0.29, 0.717) is 18.4 Å². The van der Waals surface area contributed by atoms with Crippen LogP contribution in [0, 0.1) is 0 Å². The monoisotopic (exact) mass is 442 g/mol. The van der Waals surface area contributed by atoms with Gasteiger partial charge in [-0.15, -0.1) is 0 Å². The number of hydrogen-bond acceptors (Lipinski definition) is 5. The van der Waals surface area contributed by atoms with Crippen LogP contribution in [0.25, 0.3) is 0 Å². The predicted molar refractivity (Wildman–Crippen MR) is 123 cm³/mol. The van der Waals surface area contributed by atoms with Crippen LogP contribution in [0.4, 0.5) is 0 Å². The molecule has 1 saturated carbocycles. The third-order valence-electron chi connectivity index (χ3n) is 6.62. The van der Waals surface area contributed by atoms with Crippen LogP contribution in [0.2, 0.25) is 36.3 Å². The van der Waals surface area contributed by atoms with E-state index >= 15 is 0 Å². The fraction of sp³-hybridized carbons (Fsp3) is 0.818. The maximum Gasteiger partial charge on any atom is 0.331 e. The summed E-state index contributed by atoms with van der Waals surface area (Å²) in [5, 5.41) is 0.0563. The Labute approximate surface area is 179 Å². The first kappa shape index (κ1) is 26.3. The second kappa shape index (κ2) is 9.16. The summed E-state index contributed by atoms with van der Waals surface area (Å²) in [5.74, 6) is -0.576. The number of hydrogen-bond donors (Lipinski definition) is 0. The summed E-state index contributed by atoms with van der Waals surface area (Å²) < 4.78 is 18.2. The highest BCUT2D eigenvalue weighted by Gasteiger charge is 2.46. The van der Waals surface area contributed by atoms with E-state index in [1.54, 1.807) is 6.92 Å². The molecule has 0 aromatic heterocycles. The second-order valence-electron chi connectivity index (χ2n) is 11.1. The molecule has 0 N–H and O–H groups in total. The number of esters is 1. The van der Waals surface area contributed by atoms with Crippen molar-refractivity contribution in [1.82, 2.24) is 0 Å². The zero-order valence-corrected chi connectivity index (χ0v) is 22.4. The predicted octanol–water partition coefficient (Wildman–Crippen LogP) is 5.62. The zero-order chi connectivity index (χ0) is 22.8. The maximum absolute atomic E-state index is 13.2. The van der Waals surface area contributed by atoms with E-state index in [0.717, 1.165) is 0 Å². The lowest BCUT2D eigenvalue weighted by Gasteiger charge is -2.44. The maximum atomic E-state index is 13.2. The Morgan fingerprint density at radius 1 is 1.00 bits per heavy atom. The number of rotatable bonds is 6. The Hall–Kier alpha value is -0.766. The highest BCUT2D eigenvalue weighted by molar-refractivity contribution is 6.74. The van der Waals surface area contributed by atoms with Crippen molar-refractivity contribution in [3.63, 3.8) is 0 Å². The van der Waals surface area contributed by atoms with Gasteiger partial charge in [0.2, 0.25) is 0 Å². The molecule has 0 amide bonds. The number of ether oxygens (including phenoxy) is 1.